The normalized spacial score (nSPS) is 13.3. The number of hydrogen-bond donors (Lipinski definition) is 0. The van der Waals surface area contributed by atoms with Gasteiger partial charge in [-0.15, -0.1) is 0 Å². The van der Waals surface area contributed by atoms with E-state index in [-0.39, 0.29) is 0 Å². The van der Waals surface area contributed by atoms with Gasteiger partial charge >= 0.3 is 305 Å². The second kappa shape index (κ2) is 12.0. The Bertz CT molecular complexity index is 1530. The van der Waals surface area contributed by atoms with Crippen molar-refractivity contribution in [2.45, 2.75) is 0 Å². The Hall–Kier alpha value is -1.01. The molecule has 6 aromatic carbocycles. The van der Waals surface area contributed by atoms with Gasteiger partial charge in [0.05, 0.1) is 0 Å². The van der Waals surface area contributed by atoms with E-state index in [0.29, 0.717) is 0 Å². The fourth-order valence-electron chi connectivity index (χ4n) is 6.69. The van der Waals surface area contributed by atoms with Crippen LogP contribution in [0, 0.1) is 0 Å². The van der Waals surface area contributed by atoms with Crippen molar-refractivity contribution in [3.05, 3.63) is 172 Å². The monoisotopic (exact) mass is 1060 g/mol. The van der Waals surface area contributed by atoms with Crippen molar-refractivity contribution in [3.63, 3.8) is 0 Å². The molecule has 0 bridgehead atoms. The van der Waals surface area contributed by atoms with Crippen molar-refractivity contribution in [2.75, 3.05) is 0 Å². The molecule has 0 heterocycles. The molecule has 0 atom stereocenters. The summed E-state index contributed by atoms with van der Waals surface area (Å²) in [6.45, 7) is 0. The first kappa shape index (κ1) is 32.0. The van der Waals surface area contributed by atoms with Crippen LogP contribution in [0.3, 0.4) is 0 Å². The van der Waals surface area contributed by atoms with Gasteiger partial charge in [0.25, 0.3) is 0 Å². The molecular weight excluding hydrogens is 1040 g/mol. The van der Waals surface area contributed by atoms with Crippen LogP contribution >= 0.6 is 95.6 Å². The van der Waals surface area contributed by atoms with E-state index in [0.717, 1.165) is 26.8 Å². The van der Waals surface area contributed by atoms with Crippen LogP contribution in [0.1, 0.15) is 0 Å². The van der Waals surface area contributed by atoms with Gasteiger partial charge in [-0.2, -0.15) is 0 Å². The van der Waals surface area contributed by atoms with Gasteiger partial charge in [-0.3, -0.25) is 0 Å². The Morgan fingerprint density at radius 3 is 0.442 bits per heavy atom. The summed E-state index contributed by atoms with van der Waals surface area (Å²) in [4.78, 5) is 0. The van der Waals surface area contributed by atoms with E-state index in [4.69, 9.17) is 0 Å². The van der Waals surface area contributed by atoms with Gasteiger partial charge in [-0.1, -0.05) is 0 Å². The molecule has 0 aliphatic heterocycles. The van der Waals surface area contributed by atoms with E-state index < -0.39 is 15.4 Å². The van der Waals surface area contributed by atoms with Crippen LogP contribution in [0.5, 0.6) is 0 Å². The maximum atomic E-state index is 3.77. The molecule has 0 saturated heterocycles. The van der Waals surface area contributed by atoms with Crippen LogP contribution < -0.4 is 21.7 Å². The molecule has 0 radical (unpaired) electrons. The molecule has 0 N–H and O–H groups in total. The van der Waals surface area contributed by atoms with E-state index >= 15 is 0 Å². The summed E-state index contributed by atoms with van der Waals surface area (Å²) in [6, 6.07) is 54.3. The zero-order valence-corrected chi connectivity index (χ0v) is 34.4. The maximum absolute atomic E-state index is 5.89. The zero-order chi connectivity index (χ0) is 30.3. The Kier molecular flexibility index (Phi) is 8.90. The number of benzene rings is 6. The van der Waals surface area contributed by atoms with Crippen molar-refractivity contribution in [1.29, 1.82) is 0 Å². The van der Waals surface area contributed by atoms with E-state index in [9.17, 15) is 0 Å². The molecule has 0 aromatic heterocycles. The third-order valence-corrected chi connectivity index (χ3v) is 36.4. The van der Waals surface area contributed by atoms with Crippen LogP contribution in [0.25, 0.3) is 0 Å². The third kappa shape index (κ3) is 4.40. The Morgan fingerprint density at radius 1 is 0.209 bits per heavy atom. The van der Waals surface area contributed by atoms with Gasteiger partial charge in [-0.05, 0) is 0 Å². The summed E-state index contributed by atoms with van der Waals surface area (Å²) >= 11 is 16.7. The molecule has 0 unspecified atom stereocenters. The van der Waals surface area contributed by atoms with Gasteiger partial charge in [0.1, 0.15) is 0 Å². The zero-order valence-electron chi connectivity index (χ0n) is 22.5. The van der Waals surface area contributed by atoms with Crippen molar-refractivity contribution >= 4 is 133 Å². The summed E-state index contributed by atoms with van der Waals surface area (Å²) in [5.74, 6) is 0. The standard InChI is InChI=1S/C36H24Br6Te/c37-25-1-13-31(14-2-25)43(32-15-3-26(38)4-16-32,33-17-5-27(39)6-18-33,34-19-7-28(40)8-20-34,35-21-9-29(41)10-22-35)36-23-11-30(42)12-24-36/h1-24H. The van der Waals surface area contributed by atoms with Crippen LogP contribution in [0.4, 0.5) is 0 Å². The second-order valence-corrected chi connectivity index (χ2v) is 32.6. The molecule has 6 aromatic rings. The van der Waals surface area contributed by atoms with Crippen molar-refractivity contribution in [1.82, 2.24) is 0 Å². The molecule has 0 saturated carbocycles. The molecule has 0 aliphatic rings. The Balaban J connectivity index is 2.14. The van der Waals surface area contributed by atoms with Crippen LogP contribution in [-0.2, 0) is 0 Å². The van der Waals surface area contributed by atoms with E-state index in [1.54, 1.807) is 0 Å². The third-order valence-electron chi connectivity index (χ3n) is 8.42. The fraction of sp³-hybridized carbons (Fsp3) is 0. The van der Waals surface area contributed by atoms with Crippen molar-refractivity contribution < 1.29 is 0 Å². The van der Waals surface area contributed by atoms with Crippen LogP contribution in [0.15, 0.2) is 172 Å². The predicted molar refractivity (Wildman–Crippen MR) is 208 cm³/mol. The molecule has 216 valence electrons. The van der Waals surface area contributed by atoms with Gasteiger partial charge in [-0.25, -0.2) is 0 Å². The summed E-state index contributed by atoms with van der Waals surface area (Å²) < 4.78 is 13.8. The first-order valence-corrected chi connectivity index (χ1v) is 25.0. The van der Waals surface area contributed by atoms with Crippen LogP contribution in [0.2, 0.25) is 0 Å². The van der Waals surface area contributed by atoms with E-state index in [1.807, 2.05) is 0 Å². The molecule has 0 nitrogen and oxygen atoms in total. The molecule has 0 fully saturated rings. The van der Waals surface area contributed by atoms with Gasteiger partial charge in [0.15, 0.2) is 0 Å². The Labute approximate surface area is 301 Å². The minimum atomic E-state index is -5.89. The van der Waals surface area contributed by atoms with Gasteiger partial charge < -0.3 is 0 Å². The molecule has 0 amide bonds. The van der Waals surface area contributed by atoms with Gasteiger partial charge in [0.2, 0.25) is 0 Å². The summed E-state index contributed by atoms with van der Waals surface area (Å²) in [6.07, 6.45) is 0. The average Bonchev–Trinajstić information content (AvgIpc) is 3.02. The molecule has 6 rings (SSSR count). The molecule has 43 heavy (non-hydrogen) atoms. The first-order chi connectivity index (χ1) is 20.7. The SMILES string of the molecule is Brc1ccc([Te](c2ccc(Br)cc2)(c2ccc(Br)cc2)(c2ccc(Br)cc2)(c2ccc(Br)cc2)c2ccc(Br)cc2)cc1. The first-order valence-electron chi connectivity index (χ1n) is 13.3. The number of hydrogen-bond acceptors (Lipinski definition) is 0. The van der Waals surface area contributed by atoms with E-state index in [2.05, 4.69) is 241 Å². The quantitative estimate of drug-likeness (QED) is 0.146. The van der Waals surface area contributed by atoms with Crippen LogP contribution in [-0.4, -0.2) is 15.4 Å². The molecule has 0 spiro atoms. The molecule has 7 heteroatoms. The summed E-state index contributed by atoms with van der Waals surface area (Å²) in [5, 5.41) is 0. The number of rotatable bonds is 6. The number of halogens is 6. The van der Waals surface area contributed by atoms with Crippen molar-refractivity contribution in [3.8, 4) is 0 Å². The summed E-state index contributed by atoms with van der Waals surface area (Å²) in [5.41, 5.74) is 0. The molecular formula is C36H24Br6Te. The van der Waals surface area contributed by atoms with E-state index in [1.165, 1.54) is 21.7 Å². The second-order valence-electron chi connectivity index (χ2n) is 10.3. The fourth-order valence-corrected chi connectivity index (χ4v) is 33.9. The van der Waals surface area contributed by atoms with Crippen molar-refractivity contribution in [2.24, 2.45) is 0 Å². The predicted octanol–water partition coefficient (Wildman–Crippen LogP) is 9.36. The summed E-state index contributed by atoms with van der Waals surface area (Å²) in [7, 11) is 0. The molecule has 0 aliphatic carbocycles. The average molecular weight is 1060 g/mol. The minimum absolute atomic E-state index is 1.03. The Morgan fingerprint density at radius 2 is 0.326 bits per heavy atom. The van der Waals surface area contributed by atoms with Gasteiger partial charge in [0, 0.05) is 0 Å². The topological polar surface area (TPSA) is 0 Å².